The molecule has 4 aromatic rings. The Morgan fingerprint density at radius 3 is 2.64 bits per heavy atom. The number of nitrogens with one attached hydrogen (secondary N) is 2. The van der Waals surface area contributed by atoms with Gasteiger partial charge < -0.3 is 9.97 Å². The van der Waals surface area contributed by atoms with Crippen LogP contribution in [-0.2, 0) is 0 Å². The van der Waals surface area contributed by atoms with Crippen molar-refractivity contribution in [3.63, 3.8) is 0 Å². The van der Waals surface area contributed by atoms with Gasteiger partial charge in [0.2, 0.25) is 5.78 Å². The van der Waals surface area contributed by atoms with Gasteiger partial charge in [-0.15, -0.1) is 0 Å². The minimum atomic E-state index is -0.329. The maximum absolute atomic E-state index is 13.0. The Morgan fingerprint density at radius 2 is 1.88 bits per heavy atom. The predicted molar refractivity (Wildman–Crippen MR) is 97.5 cm³/mol. The van der Waals surface area contributed by atoms with Gasteiger partial charge in [-0.25, -0.2) is 4.98 Å². The van der Waals surface area contributed by atoms with Crippen LogP contribution in [0.15, 0.2) is 64.3 Å². The van der Waals surface area contributed by atoms with Crippen LogP contribution >= 0.6 is 15.9 Å². The Bertz CT molecular complexity index is 1150. The topological polar surface area (TPSA) is 91.5 Å². The molecule has 7 heteroatoms. The molecule has 0 amide bonds. The summed E-state index contributed by atoms with van der Waals surface area (Å²) < 4.78 is 0.797. The summed E-state index contributed by atoms with van der Waals surface area (Å²) in [5.41, 5.74) is 1.78. The summed E-state index contributed by atoms with van der Waals surface area (Å²) in [6, 6.07) is 12.4. The fourth-order valence-corrected chi connectivity index (χ4v) is 3.07. The van der Waals surface area contributed by atoms with E-state index in [0.717, 1.165) is 4.47 Å². The number of fused-ring (bicyclic) bond motifs is 1. The zero-order valence-corrected chi connectivity index (χ0v) is 14.4. The maximum Gasteiger partial charge on any atom is 0.260 e. The molecule has 25 heavy (non-hydrogen) atoms. The standard InChI is InChI=1S/C18H11BrN4O2/c19-11-6-7-20-12(8-11)13-14-17(21-9-22-18(14)25)23-15(13)16(24)10-4-2-1-3-5-10/h1-9H,(H2,21,22,23,25). The Hall–Kier alpha value is -3.06. The first-order valence-corrected chi connectivity index (χ1v) is 8.25. The number of ketones is 1. The van der Waals surface area contributed by atoms with Crippen LogP contribution in [0, 0.1) is 0 Å². The third kappa shape index (κ3) is 2.68. The van der Waals surface area contributed by atoms with E-state index in [0.29, 0.717) is 27.9 Å². The molecule has 0 unspecified atom stereocenters. The van der Waals surface area contributed by atoms with E-state index in [9.17, 15) is 9.59 Å². The molecule has 0 saturated carbocycles. The highest BCUT2D eigenvalue weighted by molar-refractivity contribution is 9.10. The second kappa shape index (κ2) is 6.10. The van der Waals surface area contributed by atoms with Crippen molar-refractivity contribution in [2.24, 2.45) is 0 Å². The molecule has 0 atom stereocenters. The smallest absolute Gasteiger partial charge is 0.260 e. The number of pyridine rings is 1. The number of aromatic nitrogens is 4. The van der Waals surface area contributed by atoms with Gasteiger partial charge in [0.15, 0.2) is 0 Å². The Kier molecular flexibility index (Phi) is 3.77. The van der Waals surface area contributed by atoms with Crippen molar-refractivity contribution in [2.45, 2.75) is 0 Å². The molecule has 122 valence electrons. The lowest BCUT2D eigenvalue weighted by molar-refractivity contribution is 0.103. The molecule has 0 radical (unpaired) electrons. The van der Waals surface area contributed by atoms with Crippen LogP contribution in [-0.4, -0.2) is 25.7 Å². The van der Waals surface area contributed by atoms with Gasteiger partial charge in [0.05, 0.1) is 23.1 Å². The van der Waals surface area contributed by atoms with Gasteiger partial charge in [0.25, 0.3) is 5.56 Å². The van der Waals surface area contributed by atoms with Crippen molar-refractivity contribution < 1.29 is 4.79 Å². The van der Waals surface area contributed by atoms with E-state index in [1.54, 1.807) is 42.6 Å². The quantitative estimate of drug-likeness (QED) is 0.521. The van der Waals surface area contributed by atoms with Crippen LogP contribution in [0.5, 0.6) is 0 Å². The molecule has 0 aliphatic rings. The van der Waals surface area contributed by atoms with E-state index in [4.69, 9.17) is 0 Å². The monoisotopic (exact) mass is 394 g/mol. The van der Waals surface area contributed by atoms with Crippen molar-refractivity contribution >= 4 is 32.7 Å². The van der Waals surface area contributed by atoms with Crippen LogP contribution in [0.2, 0.25) is 0 Å². The predicted octanol–water partition coefficient (Wildman–Crippen LogP) is 3.31. The van der Waals surface area contributed by atoms with Crippen LogP contribution in [0.1, 0.15) is 16.1 Å². The molecule has 1 aromatic carbocycles. The number of hydrogen-bond acceptors (Lipinski definition) is 4. The average molecular weight is 395 g/mol. The van der Waals surface area contributed by atoms with Crippen molar-refractivity contribution in [2.75, 3.05) is 0 Å². The molecule has 0 aliphatic carbocycles. The minimum Gasteiger partial charge on any atom is -0.336 e. The van der Waals surface area contributed by atoms with E-state index >= 15 is 0 Å². The number of H-pyrrole nitrogens is 2. The summed E-state index contributed by atoms with van der Waals surface area (Å²) in [4.78, 5) is 39.4. The number of halogens is 1. The Balaban J connectivity index is 2.05. The zero-order chi connectivity index (χ0) is 17.4. The molecular weight excluding hydrogens is 384 g/mol. The van der Waals surface area contributed by atoms with Crippen LogP contribution in [0.3, 0.4) is 0 Å². The van der Waals surface area contributed by atoms with E-state index in [2.05, 4.69) is 35.9 Å². The second-order valence-corrected chi connectivity index (χ2v) is 6.30. The zero-order valence-electron chi connectivity index (χ0n) is 12.8. The number of nitrogens with zero attached hydrogens (tertiary/aromatic N) is 2. The van der Waals surface area contributed by atoms with E-state index < -0.39 is 0 Å². The normalized spacial score (nSPS) is 10.9. The summed E-state index contributed by atoms with van der Waals surface area (Å²) >= 11 is 3.40. The molecule has 2 N–H and O–H groups in total. The van der Waals surface area contributed by atoms with Gasteiger partial charge >= 0.3 is 0 Å². The van der Waals surface area contributed by atoms with E-state index in [1.165, 1.54) is 6.33 Å². The highest BCUT2D eigenvalue weighted by Gasteiger charge is 2.23. The first-order valence-electron chi connectivity index (χ1n) is 7.46. The molecule has 0 aliphatic heterocycles. The Labute approximate surface area is 150 Å². The van der Waals surface area contributed by atoms with E-state index in [1.807, 2.05) is 6.07 Å². The fourth-order valence-electron chi connectivity index (χ4n) is 2.73. The third-order valence-electron chi connectivity index (χ3n) is 3.84. The minimum absolute atomic E-state index is 0.227. The maximum atomic E-state index is 13.0. The fraction of sp³-hybridized carbons (Fsp3) is 0. The molecule has 0 saturated heterocycles. The summed E-state index contributed by atoms with van der Waals surface area (Å²) in [7, 11) is 0. The highest BCUT2D eigenvalue weighted by atomic mass is 79.9. The van der Waals surface area contributed by atoms with Gasteiger partial charge in [0, 0.05) is 21.8 Å². The lowest BCUT2D eigenvalue weighted by Crippen LogP contribution is -2.07. The molecular formula is C18H11BrN4O2. The van der Waals surface area contributed by atoms with Gasteiger partial charge in [0.1, 0.15) is 5.65 Å². The second-order valence-electron chi connectivity index (χ2n) is 5.38. The van der Waals surface area contributed by atoms with Crippen LogP contribution < -0.4 is 5.56 Å². The van der Waals surface area contributed by atoms with Crippen LogP contribution in [0.25, 0.3) is 22.3 Å². The van der Waals surface area contributed by atoms with Gasteiger partial charge in [-0.1, -0.05) is 46.3 Å². The lowest BCUT2D eigenvalue weighted by atomic mass is 10.0. The summed E-state index contributed by atoms with van der Waals surface area (Å²) in [5, 5.41) is 0.312. The van der Waals surface area contributed by atoms with Gasteiger partial charge in [-0.2, -0.15) is 0 Å². The summed E-state index contributed by atoms with van der Waals surface area (Å²) in [5.74, 6) is -0.227. The number of aromatic amines is 2. The summed E-state index contributed by atoms with van der Waals surface area (Å²) in [6.45, 7) is 0. The average Bonchev–Trinajstić information content (AvgIpc) is 3.03. The number of carbonyl (C=O) groups is 1. The van der Waals surface area contributed by atoms with Crippen molar-refractivity contribution in [1.82, 2.24) is 19.9 Å². The number of carbonyl (C=O) groups excluding carboxylic acids is 1. The number of hydrogen-bond donors (Lipinski definition) is 2. The van der Waals surface area contributed by atoms with E-state index in [-0.39, 0.29) is 17.0 Å². The lowest BCUT2D eigenvalue weighted by Gasteiger charge is -2.04. The summed E-state index contributed by atoms with van der Waals surface area (Å²) in [6.07, 6.45) is 2.91. The molecule has 0 bridgehead atoms. The van der Waals surface area contributed by atoms with Crippen molar-refractivity contribution in [3.05, 3.63) is 81.1 Å². The number of benzene rings is 1. The van der Waals surface area contributed by atoms with Gasteiger partial charge in [-0.3, -0.25) is 14.6 Å². The first-order chi connectivity index (χ1) is 12.1. The molecule has 3 aromatic heterocycles. The first kappa shape index (κ1) is 15.5. The largest absolute Gasteiger partial charge is 0.336 e. The molecule has 4 rings (SSSR count). The highest BCUT2D eigenvalue weighted by Crippen LogP contribution is 2.31. The number of rotatable bonds is 3. The third-order valence-corrected chi connectivity index (χ3v) is 4.33. The molecule has 6 nitrogen and oxygen atoms in total. The van der Waals surface area contributed by atoms with Crippen molar-refractivity contribution in [3.8, 4) is 11.3 Å². The van der Waals surface area contributed by atoms with Gasteiger partial charge in [-0.05, 0) is 12.1 Å². The van der Waals surface area contributed by atoms with Crippen molar-refractivity contribution in [1.29, 1.82) is 0 Å². The molecule has 3 heterocycles. The Morgan fingerprint density at radius 1 is 1.08 bits per heavy atom. The molecule has 0 fully saturated rings. The SMILES string of the molecule is O=C(c1ccccc1)c1[nH]c2nc[nH]c(=O)c2c1-c1cc(Br)ccn1. The molecule has 0 spiro atoms. The van der Waals surface area contributed by atoms with Crippen LogP contribution in [0.4, 0.5) is 0 Å².